The largest absolute Gasteiger partial charge is 0.497 e. The van der Waals surface area contributed by atoms with Gasteiger partial charge in [-0.05, 0) is 42.5 Å². The Morgan fingerprint density at radius 1 is 1.27 bits per heavy atom. The third-order valence-corrected chi connectivity index (χ3v) is 4.38. The number of amides is 1. The van der Waals surface area contributed by atoms with Gasteiger partial charge in [-0.25, -0.2) is 4.39 Å². The molecule has 9 heteroatoms. The van der Waals surface area contributed by atoms with E-state index in [1.54, 1.807) is 31.4 Å². The van der Waals surface area contributed by atoms with Gasteiger partial charge in [0, 0.05) is 11.3 Å². The van der Waals surface area contributed by atoms with Crippen LogP contribution in [-0.4, -0.2) is 29.0 Å². The average molecular weight is 394 g/mol. The summed E-state index contributed by atoms with van der Waals surface area (Å²) in [4.78, 5) is 12.0. The number of rotatable bonds is 6. The third-order valence-electron chi connectivity index (χ3n) is 3.27. The molecule has 0 spiro atoms. The number of methoxy groups -OCH3 is 1. The van der Waals surface area contributed by atoms with E-state index in [1.165, 1.54) is 18.2 Å². The lowest BCUT2D eigenvalue weighted by Gasteiger charge is -2.04. The minimum absolute atomic E-state index is 0.0548. The lowest BCUT2D eigenvalue weighted by Crippen LogP contribution is -2.14. The highest BCUT2D eigenvalue weighted by Gasteiger charge is 2.12. The van der Waals surface area contributed by atoms with E-state index in [1.807, 2.05) is 0 Å². The van der Waals surface area contributed by atoms with Crippen LogP contribution in [0, 0.1) is 5.82 Å². The monoisotopic (exact) mass is 393 g/mol. The molecule has 3 aromatic rings. The number of aromatic nitrogens is 2. The van der Waals surface area contributed by atoms with Crippen molar-refractivity contribution in [3.63, 3.8) is 0 Å². The standard InChI is InChI=1S/C17H13ClFN3O3S/c1-24-12-5-2-10(3-6-12)16-21-22-17(25-16)26-9-15(23)20-11-4-7-14(19)13(18)8-11/h2-8H,9H2,1H3,(H,20,23). The number of nitrogens with zero attached hydrogens (tertiary/aromatic N) is 2. The van der Waals surface area contributed by atoms with Crippen molar-refractivity contribution in [2.75, 3.05) is 18.2 Å². The van der Waals surface area contributed by atoms with Gasteiger partial charge < -0.3 is 14.5 Å². The molecule has 0 aliphatic rings. The highest BCUT2D eigenvalue weighted by Crippen LogP contribution is 2.25. The summed E-state index contributed by atoms with van der Waals surface area (Å²) < 4.78 is 23.7. The molecule has 2 aromatic carbocycles. The van der Waals surface area contributed by atoms with Crippen LogP contribution >= 0.6 is 23.4 Å². The molecular formula is C17H13ClFN3O3S. The predicted octanol–water partition coefficient (Wildman–Crippen LogP) is 4.27. The number of carbonyl (C=O) groups is 1. The quantitative estimate of drug-likeness (QED) is 0.630. The summed E-state index contributed by atoms with van der Waals surface area (Å²) >= 11 is 6.77. The molecule has 0 saturated heterocycles. The number of carbonyl (C=O) groups excluding carboxylic acids is 1. The number of hydrogen-bond donors (Lipinski definition) is 1. The minimum Gasteiger partial charge on any atom is -0.497 e. The fourth-order valence-corrected chi connectivity index (χ4v) is 2.76. The zero-order valence-electron chi connectivity index (χ0n) is 13.5. The van der Waals surface area contributed by atoms with Crippen LogP contribution in [-0.2, 0) is 4.79 Å². The summed E-state index contributed by atoms with van der Waals surface area (Å²) in [5.74, 6) is 0.276. The van der Waals surface area contributed by atoms with Crippen LogP contribution in [0.25, 0.3) is 11.5 Å². The maximum atomic E-state index is 13.1. The fourth-order valence-electron chi connectivity index (χ4n) is 2.02. The van der Waals surface area contributed by atoms with Crippen molar-refractivity contribution in [1.82, 2.24) is 10.2 Å². The summed E-state index contributed by atoms with van der Waals surface area (Å²) in [7, 11) is 1.58. The second kappa shape index (κ2) is 8.20. The molecule has 0 bridgehead atoms. The molecule has 0 saturated carbocycles. The second-order valence-electron chi connectivity index (χ2n) is 5.07. The van der Waals surface area contributed by atoms with Crippen LogP contribution < -0.4 is 10.1 Å². The van der Waals surface area contributed by atoms with Gasteiger partial charge in [-0.3, -0.25) is 4.79 Å². The molecule has 134 valence electrons. The number of halogens is 2. The van der Waals surface area contributed by atoms with E-state index in [4.69, 9.17) is 20.8 Å². The molecule has 6 nitrogen and oxygen atoms in total. The van der Waals surface area contributed by atoms with E-state index in [0.29, 0.717) is 11.6 Å². The molecule has 3 rings (SSSR count). The predicted molar refractivity (Wildman–Crippen MR) is 97.0 cm³/mol. The van der Waals surface area contributed by atoms with Crippen molar-refractivity contribution in [3.05, 3.63) is 53.3 Å². The van der Waals surface area contributed by atoms with Gasteiger partial charge in [-0.2, -0.15) is 0 Å². The fraction of sp³-hybridized carbons (Fsp3) is 0.118. The molecule has 1 amide bonds. The lowest BCUT2D eigenvalue weighted by molar-refractivity contribution is -0.113. The summed E-state index contributed by atoms with van der Waals surface area (Å²) in [6.45, 7) is 0. The first-order valence-corrected chi connectivity index (χ1v) is 8.77. The van der Waals surface area contributed by atoms with Crippen molar-refractivity contribution >= 4 is 35.0 Å². The normalized spacial score (nSPS) is 10.6. The Bertz CT molecular complexity index is 918. The van der Waals surface area contributed by atoms with Crippen molar-refractivity contribution in [2.45, 2.75) is 5.22 Å². The molecule has 1 heterocycles. The topological polar surface area (TPSA) is 77.2 Å². The van der Waals surface area contributed by atoms with Gasteiger partial charge in [0.1, 0.15) is 11.6 Å². The van der Waals surface area contributed by atoms with Gasteiger partial charge in [-0.1, -0.05) is 23.4 Å². The summed E-state index contributed by atoms with van der Waals surface area (Å²) in [6, 6.07) is 11.1. The van der Waals surface area contributed by atoms with E-state index in [-0.39, 0.29) is 21.9 Å². The maximum absolute atomic E-state index is 13.1. The van der Waals surface area contributed by atoms with Gasteiger partial charge in [0.05, 0.1) is 17.9 Å². The van der Waals surface area contributed by atoms with Crippen LogP contribution in [0.4, 0.5) is 10.1 Å². The Morgan fingerprint density at radius 2 is 2.04 bits per heavy atom. The van der Waals surface area contributed by atoms with E-state index in [0.717, 1.165) is 23.1 Å². The van der Waals surface area contributed by atoms with Crippen LogP contribution in [0.15, 0.2) is 52.1 Å². The van der Waals surface area contributed by atoms with Crippen molar-refractivity contribution in [2.24, 2.45) is 0 Å². The molecule has 0 fully saturated rings. The average Bonchev–Trinajstić information content (AvgIpc) is 3.12. The molecule has 0 unspecified atom stereocenters. The van der Waals surface area contributed by atoms with Gasteiger partial charge in [0.2, 0.25) is 11.8 Å². The van der Waals surface area contributed by atoms with E-state index >= 15 is 0 Å². The number of benzene rings is 2. The van der Waals surface area contributed by atoms with Crippen LogP contribution in [0.3, 0.4) is 0 Å². The number of ether oxygens (including phenoxy) is 1. The highest BCUT2D eigenvalue weighted by atomic mass is 35.5. The zero-order valence-corrected chi connectivity index (χ0v) is 15.1. The SMILES string of the molecule is COc1ccc(-c2nnc(SCC(=O)Nc3ccc(F)c(Cl)c3)o2)cc1. The van der Waals surface area contributed by atoms with Crippen LogP contribution in [0.1, 0.15) is 0 Å². The smallest absolute Gasteiger partial charge is 0.277 e. The van der Waals surface area contributed by atoms with Gasteiger partial charge in [0.15, 0.2) is 0 Å². The van der Waals surface area contributed by atoms with Crippen LogP contribution in [0.2, 0.25) is 5.02 Å². The Hall–Kier alpha value is -2.58. The van der Waals surface area contributed by atoms with E-state index in [2.05, 4.69) is 15.5 Å². The lowest BCUT2D eigenvalue weighted by atomic mass is 10.2. The molecule has 0 atom stereocenters. The van der Waals surface area contributed by atoms with Crippen molar-refractivity contribution in [3.8, 4) is 17.2 Å². The van der Waals surface area contributed by atoms with Gasteiger partial charge in [-0.15, -0.1) is 10.2 Å². The molecular weight excluding hydrogens is 381 g/mol. The maximum Gasteiger partial charge on any atom is 0.277 e. The first kappa shape index (κ1) is 18.2. The highest BCUT2D eigenvalue weighted by molar-refractivity contribution is 7.99. The zero-order chi connectivity index (χ0) is 18.5. The van der Waals surface area contributed by atoms with Gasteiger partial charge in [0.25, 0.3) is 5.22 Å². The minimum atomic E-state index is -0.545. The molecule has 0 aliphatic heterocycles. The summed E-state index contributed by atoms with van der Waals surface area (Å²) in [5, 5.41) is 10.7. The Kier molecular flexibility index (Phi) is 5.75. The molecule has 1 N–H and O–H groups in total. The first-order chi connectivity index (χ1) is 12.5. The first-order valence-electron chi connectivity index (χ1n) is 7.41. The summed E-state index contributed by atoms with van der Waals surface area (Å²) in [5.41, 5.74) is 1.15. The number of hydrogen-bond acceptors (Lipinski definition) is 6. The number of nitrogens with one attached hydrogen (secondary N) is 1. The number of thioether (sulfide) groups is 1. The summed E-state index contributed by atoms with van der Waals surface area (Å²) in [6.07, 6.45) is 0. The van der Waals surface area contributed by atoms with Crippen molar-refractivity contribution in [1.29, 1.82) is 0 Å². The molecule has 0 radical (unpaired) electrons. The van der Waals surface area contributed by atoms with Crippen molar-refractivity contribution < 1.29 is 18.3 Å². The Balaban J connectivity index is 1.56. The third kappa shape index (κ3) is 4.53. The molecule has 26 heavy (non-hydrogen) atoms. The van der Waals surface area contributed by atoms with Gasteiger partial charge >= 0.3 is 0 Å². The Labute approximate surface area is 157 Å². The number of anilines is 1. The Morgan fingerprint density at radius 3 is 2.73 bits per heavy atom. The molecule has 0 aliphatic carbocycles. The van der Waals surface area contributed by atoms with Crippen LogP contribution in [0.5, 0.6) is 5.75 Å². The van der Waals surface area contributed by atoms with E-state index in [9.17, 15) is 9.18 Å². The second-order valence-corrected chi connectivity index (χ2v) is 6.40. The molecule has 1 aromatic heterocycles. The van der Waals surface area contributed by atoms with E-state index < -0.39 is 5.82 Å².